The second kappa shape index (κ2) is 8.62. The van der Waals surface area contributed by atoms with Gasteiger partial charge in [0.05, 0.1) is 11.9 Å². The maximum Gasteiger partial charge on any atom is 0.240 e. The second-order valence-electron chi connectivity index (χ2n) is 6.25. The first-order chi connectivity index (χ1) is 10.1. The monoisotopic (exact) mass is 371 g/mol. The van der Waals surface area contributed by atoms with Crippen LogP contribution >= 0.6 is 12.4 Å². The van der Waals surface area contributed by atoms with Crippen LogP contribution in [-0.2, 0) is 19.6 Å². The Hall–Kier alpha value is -0.410. The third kappa shape index (κ3) is 5.03. The smallest absolute Gasteiger partial charge is 0.240 e. The molecule has 1 rings (SSSR count). The normalized spacial score (nSPS) is 26.0. The van der Waals surface area contributed by atoms with Gasteiger partial charge in [0.2, 0.25) is 15.9 Å². The minimum atomic E-state index is -3.18. The van der Waals surface area contributed by atoms with Crippen molar-refractivity contribution in [3.63, 3.8) is 0 Å². The molecule has 0 spiro atoms. The molecule has 138 valence electrons. The van der Waals surface area contributed by atoms with Gasteiger partial charge in [-0.15, -0.1) is 12.4 Å². The molecule has 0 bridgehead atoms. The van der Waals surface area contributed by atoms with Crippen LogP contribution in [0.1, 0.15) is 40.5 Å². The molecule has 0 radical (unpaired) electrons. The zero-order valence-corrected chi connectivity index (χ0v) is 16.0. The maximum absolute atomic E-state index is 12.3. The zero-order chi connectivity index (χ0) is 17.0. The van der Waals surface area contributed by atoms with E-state index in [9.17, 15) is 13.2 Å². The van der Waals surface area contributed by atoms with Crippen LogP contribution in [0.5, 0.6) is 0 Å². The number of nitrogens with two attached hydrogens (primary N) is 1. The van der Waals surface area contributed by atoms with Gasteiger partial charge < -0.3 is 15.8 Å². The molecular weight excluding hydrogens is 342 g/mol. The van der Waals surface area contributed by atoms with E-state index in [1.807, 2.05) is 20.8 Å². The Bertz CT molecular complexity index is 498. The summed E-state index contributed by atoms with van der Waals surface area (Å²) in [6.07, 6.45) is 1.02. The van der Waals surface area contributed by atoms with E-state index in [1.165, 1.54) is 0 Å². The lowest BCUT2D eigenvalue weighted by atomic mass is 9.54. The number of nitrogens with one attached hydrogen (secondary N) is 2. The Labute approximate surface area is 145 Å². The van der Waals surface area contributed by atoms with Crippen molar-refractivity contribution in [2.24, 2.45) is 11.1 Å². The van der Waals surface area contributed by atoms with Crippen molar-refractivity contribution in [1.82, 2.24) is 10.0 Å². The number of amides is 1. The molecule has 0 aliphatic heterocycles. The molecule has 1 aliphatic rings. The summed E-state index contributed by atoms with van der Waals surface area (Å²) in [5, 5.41) is 2.79. The van der Waals surface area contributed by atoms with E-state index < -0.39 is 21.0 Å². The Morgan fingerprint density at radius 2 is 1.91 bits per heavy atom. The molecular formula is C14H30ClN3O4S. The van der Waals surface area contributed by atoms with E-state index in [-0.39, 0.29) is 30.2 Å². The first-order valence-corrected chi connectivity index (χ1v) is 9.42. The number of carbonyl (C=O) groups is 1. The van der Waals surface area contributed by atoms with E-state index in [0.717, 1.165) is 0 Å². The summed E-state index contributed by atoms with van der Waals surface area (Å²) in [5.41, 5.74) is 4.89. The topological polar surface area (TPSA) is 111 Å². The summed E-state index contributed by atoms with van der Waals surface area (Å²) in [6, 6.07) is 0. The summed E-state index contributed by atoms with van der Waals surface area (Å²) < 4.78 is 30.6. The molecule has 1 amide bonds. The highest BCUT2D eigenvalue weighted by Gasteiger charge is 2.62. The number of carbonyl (C=O) groups excluding carboxylic acids is 1. The molecule has 23 heavy (non-hydrogen) atoms. The molecule has 1 saturated carbocycles. The van der Waals surface area contributed by atoms with E-state index in [1.54, 1.807) is 6.92 Å². The fourth-order valence-electron chi connectivity index (χ4n) is 2.60. The molecule has 7 nitrogen and oxygen atoms in total. The van der Waals surface area contributed by atoms with Crippen molar-refractivity contribution in [2.75, 3.05) is 25.4 Å². The molecule has 1 fully saturated rings. The Morgan fingerprint density at radius 1 is 1.30 bits per heavy atom. The standard InChI is InChI=1S/C14H29N3O4S.ClH/c1-5-21-11-10-14(15,13(11,3)4)12(18)16-8-7-9-17-22(19,20)6-2;/h11,17H,5-10,15H2,1-4H3,(H,16,18);1H. The van der Waals surface area contributed by atoms with Crippen molar-refractivity contribution in [1.29, 1.82) is 0 Å². The summed E-state index contributed by atoms with van der Waals surface area (Å²) in [4.78, 5) is 12.3. The lowest BCUT2D eigenvalue weighted by Crippen LogP contribution is -2.75. The predicted octanol–water partition coefficient (Wildman–Crippen LogP) is 0.386. The van der Waals surface area contributed by atoms with Gasteiger partial charge in [0.15, 0.2) is 0 Å². The number of hydrogen-bond donors (Lipinski definition) is 3. The van der Waals surface area contributed by atoms with Crippen LogP contribution in [-0.4, -0.2) is 51.4 Å². The molecule has 2 unspecified atom stereocenters. The number of hydrogen-bond acceptors (Lipinski definition) is 5. The molecule has 0 aromatic rings. The molecule has 4 N–H and O–H groups in total. The highest BCUT2D eigenvalue weighted by molar-refractivity contribution is 7.89. The number of ether oxygens (including phenoxy) is 1. The molecule has 0 aromatic heterocycles. The van der Waals surface area contributed by atoms with Gasteiger partial charge in [0, 0.05) is 31.5 Å². The van der Waals surface area contributed by atoms with Crippen LogP contribution in [0, 0.1) is 5.41 Å². The zero-order valence-electron chi connectivity index (χ0n) is 14.3. The van der Waals surface area contributed by atoms with Crippen LogP contribution in [0.25, 0.3) is 0 Å². The lowest BCUT2D eigenvalue weighted by Gasteiger charge is -2.57. The third-order valence-corrected chi connectivity index (χ3v) is 5.98. The number of sulfonamides is 1. The SMILES string of the molecule is CCOC1CC(N)(C(=O)NCCCNS(=O)(=O)CC)C1(C)C.Cl. The molecule has 2 atom stereocenters. The molecule has 9 heteroatoms. The Morgan fingerprint density at radius 3 is 2.39 bits per heavy atom. The average molecular weight is 372 g/mol. The summed E-state index contributed by atoms with van der Waals surface area (Å²) in [5.74, 6) is -0.148. The largest absolute Gasteiger partial charge is 0.378 e. The third-order valence-electron chi connectivity index (χ3n) is 4.58. The van der Waals surface area contributed by atoms with Gasteiger partial charge >= 0.3 is 0 Å². The van der Waals surface area contributed by atoms with Gasteiger partial charge in [-0.1, -0.05) is 13.8 Å². The maximum atomic E-state index is 12.3. The van der Waals surface area contributed by atoms with Crippen LogP contribution in [0.4, 0.5) is 0 Å². The van der Waals surface area contributed by atoms with Crippen molar-refractivity contribution in [3.8, 4) is 0 Å². The van der Waals surface area contributed by atoms with E-state index in [0.29, 0.717) is 32.5 Å². The van der Waals surface area contributed by atoms with Gasteiger partial charge in [-0.25, -0.2) is 13.1 Å². The van der Waals surface area contributed by atoms with Crippen LogP contribution in [0.2, 0.25) is 0 Å². The Kier molecular flexibility index (Phi) is 8.46. The first kappa shape index (κ1) is 22.6. The quantitative estimate of drug-likeness (QED) is 0.508. The van der Waals surface area contributed by atoms with Crippen molar-refractivity contribution < 1.29 is 17.9 Å². The molecule has 0 heterocycles. The fraction of sp³-hybridized carbons (Fsp3) is 0.929. The van der Waals surface area contributed by atoms with Crippen molar-refractivity contribution in [3.05, 3.63) is 0 Å². The Balaban J connectivity index is 0.00000484. The van der Waals surface area contributed by atoms with Gasteiger partial charge in [-0.2, -0.15) is 0 Å². The van der Waals surface area contributed by atoms with Crippen LogP contribution < -0.4 is 15.8 Å². The summed E-state index contributed by atoms with van der Waals surface area (Å²) in [7, 11) is -3.18. The van der Waals surface area contributed by atoms with E-state index in [2.05, 4.69) is 10.0 Å². The van der Waals surface area contributed by atoms with E-state index in [4.69, 9.17) is 10.5 Å². The van der Waals surface area contributed by atoms with Gasteiger partial charge in [0.1, 0.15) is 5.54 Å². The lowest BCUT2D eigenvalue weighted by molar-refractivity contribution is -0.170. The fourth-order valence-corrected chi connectivity index (χ4v) is 3.26. The minimum Gasteiger partial charge on any atom is -0.378 e. The molecule has 0 saturated heterocycles. The predicted molar refractivity (Wildman–Crippen MR) is 93.1 cm³/mol. The van der Waals surface area contributed by atoms with Crippen LogP contribution in [0.3, 0.4) is 0 Å². The molecule has 0 aromatic carbocycles. The van der Waals surface area contributed by atoms with Gasteiger partial charge in [0.25, 0.3) is 0 Å². The average Bonchev–Trinajstić information content (AvgIpc) is 2.46. The highest BCUT2D eigenvalue weighted by Crippen LogP contribution is 2.49. The number of halogens is 1. The van der Waals surface area contributed by atoms with Crippen LogP contribution in [0.15, 0.2) is 0 Å². The van der Waals surface area contributed by atoms with Gasteiger partial charge in [-0.05, 0) is 20.3 Å². The number of rotatable bonds is 9. The van der Waals surface area contributed by atoms with Crippen molar-refractivity contribution >= 4 is 28.3 Å². The minimum absolute atomic E-state index is 0. The second-order valence-corrected chi connectivity index (χ2v) is 8.34. The highest BCUT2D eigenvalue weighted by atomic mass is 35.5. The van der Waals surface area contributed by atoms with Crippen molar-refractivity contribution in [2.45, 2.75) is 52.2 Å². The van der Waals surface area contributed by atoms with E-state index >= 15 is 0 Å². The summed E-state index contributed by atoms with van der Waals surface area (Å²) in [6.45, 7) is 8.67. The first-order valence-electron chi connectivity index (χ1n) is 7.77. The summed E-state index contributed by atoms with van der Waals surface area (Å²) >= 11 is 0. The molecule has 1 aliphatic carbocycles. The van der Waals surface area contributed by atoms with Gasteiger partial charge in [-0.3, -0.25) is 4.79 Å².